The molecule has 0 radical (unpaired) electrons. The lowest BCUT2D eigenvalue weighted by atomic mass is 10.2. The molecule has 19 heavy (non-hydrogen) atoms. The minimum absolute atomic E-state index is 0.115. The first kappa shape index (κ1) is 14.8. The summed E-state index contributed by atoms with van der Waals surface area (Å²) in [5, 5.41) is 13.5. The van der Waals surface area contributed by atoms with Crippen molar-refractivity contribution in [3.63, 3.8) is 0 Å². The maximum Gasteiger partial charge on any atom is 0.313 e. The number of hydrogen-bond acceptors (Lipinski definition) is 5. The second-order valence-electron chi connectivity index (χ2n) is 3.69. The van der Waals surface area contributed by atoms with Crippen LogP contribution in [0.5, 0.6) is 5.75 Å². The smallest absolute Gasteiger partial charge is 0.313 e. The van der Waals surface area contributed by atoms with Crippen LogP contribution in [-0.4, -0.2) is 30.0 Å². The zero-order chi connectivity index (χ0) is 14.4. The average molecular weight is 271 g/mol. The van der Waals surface area contributed by atoms with Gasteiger partial charge in [-0.15, -0.1) is 0 Å². The zero-order valence-corrected chi connectivity index (χ0v) is 10.3. The summed E-state index contributed by atoms with van der Waals surface area (Å²) in [6, 6.07) is 2.16. The van der Waals surface area contributed by atoms with Gasteiger partial charge in [0.2, 0.25) is 5.91 Å². The Morgan fingerprint density at radius 1 is 1.63 bits per heavy atom. The molecule has 0 heterocycles. The van der Waals surface area contributed by atoms with E-state index < -0.39 is 28.4 Å². The number of amides is 1. The van der Waals surface area contributed by atoms with Gasteiger partial charge in [-0.2, -0.15) is 0 Å². The topological polar surface area (TPSA) is 107 Å². The molecule has 0 aliphatic heterocycles. The Balaban J connectivity index is 2.82. The molecule has 8 heteroatoms. The van der Waals surface area contributed by atoms with Crippen molar-refractivity contribution < 1.29 is 18.8 Å². The number of nitrogens with two attached hydrogens (primary N) is 1. The van der Waals surface area contributed by atoms with Gasteiger partial charge in [-0.25, -0.2) is 4.39 Å². The van der Waals surface area contributed by atoms with Gasteiger partial charge in [0, 0.05) is 0 Å². The predicted molar refractivity (Wildman–Crippen MR) is 65.2 cm³/mol. The fourth-order valence-corrected chi connectivity index (χ4v) is 1.42. The van der Waals surface area contributed by atoms with E-state index in [0.29, 0.717) is 6.54 Å². The van der Waals surface area contributed by atoms with Crippen molar-refractivity contribution in [3.05, 3.63) is 34.1 Å². The Hall–Kier alpha value is -2.22. The van der Waals surface area contributed by atoms with Crippen LogP contribution in [0.3, 0.4) is 0 Å². The first-order valence-electron chi connectivity index (χ1n) is 5.55. The van der Waals surface area contributed by atoms with Crippen LogP contribution in [0.15, 0.2) is 18.2 Å². The van der Waals surface area contributed by atoms with Crippen LogP contribution in [0.1, 0.15) is 6.92 Å². The molecule has 1 aromatic rings. The third-order valence-corrected chi connectivity index (χ3v) is 2.32. The molecule has 7 nitrogen and oxygen atoms in total. The van der Waals surface area contributed by atoms with E-state index in [1.807, 2.05) is 0 Å². The molecule has 0 bridgehead atoms. The summed E-state index contributed by atoms with van der Waals surface area (Å²) >= 11 is 0. The second-order valence-corrected chi connectivity index (χ2v) is 3.69. The van der Waals surface area contributed by atoms with Gasteiger partial charge >= 0.3 is 5.69 Å². The van der Waals surface area contributed by atoms with Gasteiger partial charge in [0.25, 0.3) is 0 Å². The molecule has 0 aliphatic rings. The number of nitrogens with zero attached hydrogens (tertiary/aromatic N) is 1. The molecule has 1 aromatic carbocycles. The highest BCUT2D eigenvalue weighted by molar-refractivity contribution is 5.80. The van der Waals surface area contributed by atoms with Crippen LogP contribution in [0, 0.1) is 15.9 Å². The quantitative estimate of drug-likeness (QED) is 0.557. The van der Waals surface area contributed by atoms with E-state index in [9.17, 15) is 19.3 Å². The number of benzene rings is 1. The molecule has 0 saturated carbocycles. The Kier molecular flexibility index (Phi) is 5.19. The molecule has 1 unspecified atom stereocenters. The van der Waals surface area contributed by atoms with E-state index >= 15 is 0 Å². The van der Waals surface area contributed by atoms with Crippen molar-refractivity contribution in [2.24, 2.45) is 5.73 Å². The van der Waals surface area contributed by atoms with E-state index in [2.05, 4.69) is 5.32 Å². The highest BCUT2D eigenvalue weighted by Gasteiger charge is 2.20. The molecule has 0 aromatic heterocycles. The molecule has 1 amide bonds. The predicted octanol–water partition coefficient (Wildman–Crippen LogP) is 0.576. The number of likely N-dealkylation sites (N-methyl/N-ethyl adjacent to an activating group) is 1. The number of rotatable bonds is 7. The molecule has 1 rings (SSSR count). The third kappa shape index (κ3) is 4.18. The summed E-state index contributed by atoms with van der Waals surface area (Å²) in [4.78, 5) is 21.0. The molecule has 0 fully saturated rings. The zero-order valence-electron chi connectivity index (χ0n) is 10.3. The fourth-order valence-electron chi connectivity index (χ4n) is 1.42. The minimum atomic E-state index is -0.769. The number of nitrogens with one attached hydrogen (secondary N) is 1. The first-order chi connectivity index (χ1) is 8.95. The lowest BCUT2D eigenvalue weighted by Gasteiger charge is -2.15. The fraction of sp³-hybridized carbons (Fsp3) is 0.364. The van der Waals surface area contributed by atoms with E-state index in [-0.39, 0.29) is 12.4 Å². The maximum atomic E-state index is 12.9. The van der Waals surface area contributed by atoms with Crippen molar-refractivity contribution in [2.75, 3.05) is 13.2 Å². The van der Waals surface area contributed by atoms with Crippen LogP contribution in [0.2, 0.25) is 0 Å². The van der Waals surface area contributed by atoms with Gasteiger partial charge in [-0.1, -0.05) is 6.92 Å². The van der Waals surface area contributed by atoms with Gasteiger partial charge in [0.15, 0.2) is 5.75 Å². The van der Waals surface area contributed by atoms with Gasteiger partial charge in [-0.05, 0) is 18.7 Å². The van der Waals surface area contributed by atoms with E-state index in [1.165, 1.54) is 0 Å². The Morgan fingerprint density at radius 3 is 2.84 bits per heavy atom. The molecule has 0 spiro atoms. The van der Waals surface area contributed by atoms with Crippen molar-refractivity contribution in [3.8, 4) is 5.75 Å². The normalized spacial score (nSPS) is 11.9. The molecule has 104 valence electrons. The Morgan fingerprint density at radius 2 is 2.32 bits per heavy atom. The Labute approximate surface area is 108 Å². The molecular formula is C11H14FN3O4. The molecular weight excluding hydrogens is 257 g/mol. The monoisotopic (exact) mass is 271 g/mol. The van der Waals surface area contributed by atoms with Crippen LogP contribution in [-0.2, 0) is 4.79 Å². The Bertz CT molecular complexity index is 481. The highest BCUT2D eigenvalue weighted by atomic mass is 19.1. The molecule has 0 aliphatic carbocycles. The minimum Gasteiger partial charge on any atom is -0.485 e. The van der Waals surface area contributed by atoms with E-state index in [4.69, 9.17) is 10.5 Å². The number of nitro groups is 1. The van der Waals surface area contributed by atoms with Crippen molar-refractivity contribution in [1.29, 1.82) is 0 Å². The lowest BCUT2D eigenvalue weighted by Crippen LogP contribution is -2.45. The van der Waals surface area contributed by atoms with Crippen molar-refractivity contribution >= 4 is 11.6 Å². The average Bonchev–Trinajstić information content (AvgIpc) is 2.35. The van der Waals surface area contributed by atoms with Crippen LogP contribution in [0.25, 0.3) is 0 Å². The van der Waals surface area contributed by atoms with Crippen molar-refractivity contribution in [2.45, 2.75) is 13.0 Å². The third-order valence-electron chi connectivity index (χ3n) is 2.32. The van der Waals surface area contributed by atoms with Gasteiger partial charge < -0.3 is 15.8 Å². The van der Waals surface area contributed by atoms with E-state index in [0.717, 1.165) is 18.2 Å². The van der Waals surface area contributed by atoms with Gasteiger partial charge in [0.05, 0.1) is 11.0 Å². The van der Waals surface area contributed by atoms with Crippen LogP contribution < -0.4 is 15.8 Å². The number of carbonyl (C=O) groups is 1. The van der Waals surface area contributed by atoms with Crippen LogP contribution in [0.4, 0.5) is 10.1 Å². The summed E-state index contributed by atoms with van der Waals surface area (Å²) in [7, 11) is 0. The largest absolute Gasteiger partial charge is 0.485 e. The number of halogens is 1. The summed E-state index contributed by atoms with van der Waals surface area (Å²) in [6.07, 6.45) is 0. The number of carbonyl (C=O) groups excluding carboxylic acids is 1. The standard InChI is InChI=1S/C11H14FN3O4/c1-2-14-8(11(13)16)6-19-10-4-3-7(12)5-9(10)15(17)18/h3-5,8,14H,2,6H2,1H3,(H2,13,16). The number of hydrogen-bond donors (Lipinski definition) is 2. The number of nitro benzene ring substituents is 1. The lowest BCUT2D eigenvalue weighted by molar-refractivity contribution is -0.386. The summed E-state index contributed by atoms with van der Waals surface area (Å²) in [6.45, 7) is 2.09. The summed E-state index contributed by atoms with van der Waals surface area (Å²) in [5.41, 5.74) is 4.63. The molecule has 1 atom stereocenters. The van der Waals surface area contributed by atoms with Gasteiger partial charge in [-0.3, -0.25) is 14.9 Å². The molecule has 3 N–H and O–H groups in total. The van der Waals surface area contributed by atoms with Crippen molar-refractivity contribution in [1.82, 2.24) is 5.32 Å². The summed E-state index contributed by atoms with van der Waals surface area (Å²) < 4.78 is 18.1. The maximum absolute atomic E-state index is 12.9. The van der Waals surface area contributed by atoms with Gasteiger partial charge in [0.1, 0.15) is 18.5 Å². The van der Waals surface area contributed by atoms with Crippen LogP contribution >= 0.6 is 0 Å². The number of primary amides is 1. The van der Waals surface area contributed by atoms with E-state index in [1.54, 1.807) is 6.92 Å². The number of ether oxygens (including phenoxy) is 1. The SMILES string of the molecule is CCNC(COc1ccc(F)cc1[N+](=O)[O-])C(N)=O. The highest BCUT2D eigenvalue weighted by Crippen LogP contribution is 2.27. The first-order valence-corrected chi connectivity index (χ1v) is 5.55. The summed E-state index contributed by atoms with van der Waals surface area (Å²) in [5.74, 6) is -1.49. The molecule has 0 saturated heterocycles. The second kappa shape index (κ2) is 6.64.